The van der Waals surface area contributed by atoms with E-state index in [9.17, 15) is 0 Å². The first-order chi connectivity index (χ1) is 9.24. The van der Waals surface area contributed by atoms with Gasteiger partial charge in [0.1, 0.15) is 5.82 Å². The maximum absolute atomic E-state index is 5.92. The lowest BCUT2D eigenvalue weighted by molar-refractivity contribution is 0.337. The molecule has 4 nitrogen and oxygen atoms in total. The summed E-state index contributed by atoms with van der Waals surface area (Å²) in [7, 11) is 0. The molecule has 1 aliphatic carbocycles. The number of hydrogen-bond donors (Lipinski definition) is 1. The van der Waals surface area contributed by atoms with Crippen molar-refractivity contribution in [3.8, 4) is 0 Å². The minimum atomic E-state index is 0.781. The number of pyridine rings is 1. The molecule has 0 atom stereocenters. The topological polar surface area (TPSA) is 56.2 Å². The SMILES string of the molecule is Cc1cc(N)cn2c(CCC3CCCCC3)nnc12. The third-order valence-electron chi connectivity index (χ3n) is 4.28. The number of aromatic nitrogens is 3. The number of anilines is 1. The van der Waals surface area contributed by atoms with Crippen LogP contribution in [0.4, 0.5) is 5.69 Å². The summed E-state index contributed by atoms with van der Waals surface area (Å²) in [4.78, 5) is 0. The van der Waals surface area contributed by atoms with Gasteiger partial charge in [-0.2, -0.15) is 0 Å². The third kappa shape index (κ3) is 2.57. The second kappa shape index (κ2) is 5.19. The molecule has 2 aromatic heterocycles. The van der Waals surface area contributed by atoms with Gasteiger partial charge >= 0.3 is 0 Å². The van der Waals surface area contributed by atoms with Crippen LogP contribution in [0.5, 0.6) is 0 Å². The van der Waals surface area contributed by atoms with Crippen molar-refractivity contribution in [2.75, 3.05) is 5.73 Å². The van der Waals surface area contributed by atoms with Crippen LogP contribution in [0.1, 0.15) is 49.9 Å². The number of fused-ring (bicyclic) bond motifs is 1. The van der Waals surface area contributed by atoms with E-state index in [1.807, 2.05) is 19.2 Å². The van der Waals surface area contributed by atoms with Gasteiger partial charge in [-0.15, -0.1) is 10.2 Å². The minimum absolute atomic E-state index is 0.781. The van der Waals surface area contributed by atoms with Gasteiger partial charge in [-0.25, -0.2) is 0 Å². The summed E-state index contributed by atoms with van der Waals surface area (Å²) in [5.74, 6) is 1.93. The van der Waals surface area contributed by atoms with E-state index >= 15 is 0 Å². The number of rotatable bonds is 3. The van der Waals surface area contributed by atoms with Gasteiger partial charge in [-0.1, -0.05) is 32.1 Å². The third-order valence-corrected chi connectivity index (χ3v) is 4.28. The van der Waals surface area contributed by atoms with Gasteiger partial charge in [-0.05, 0) is 30.9 Å². The number of aryl methyl sites for hydroxylation is 2. The highest BCUT2D eigenvalue weighted by atomic mass is 15.2. The summed E-state index contributed by atoms with van der Waals surface area (Å²) in [6.07, 6.45) is 11.2. The van der Waals surface area contributed by atoms with Crippen molar-refractivity contribution in [2.45, 2.75) is 51.9 Å². The van der Waals surface area contributed by atoms with E-state index in [4.69, 9.17) is 5.73 Å². The second-order valence-corrected chi connectivity index (χ2v) is 5.81. The van der Waals surface area contributed by atoms with Crippen molar-refractivity contribution in [3.05, 3.63) is 23.7 Å². The predicted octanol–water partition coefficient (Wildman–Crippen LogP) is 3.13. The van der Waals surface area contributed by atoms with Crippen molar-refractivity contribution in [2.24, 2.45) is 5.92 Å². The molecule has 2 aromatic rings. The van der Waals surface area contributed by atoms with Crippen LogP contribution in [0.25, 0.3) is 5.65 Å². The van der Waals surface area contributed by atoms with E-state index in [-0.39, 0.29) is 0 Å². The maximum Gasteiger partial charge on any atom is 0.163 e. The molecular weight excluding hydrogens is 236 g/mol. The fraction of sp³-hybridized carbons (Fsp3) is 0.600. The molecule has 0 bridgehead atoms. The largest absolute Gasteiger partial charge is 0.398 e. The molecule has 1 fully saturated rings. The van der Waals surface area contributed by atoms with Crippen molar-refractivity contribution >= 4 is 11.3 Å². The standard InChI is InChI=1S/C15H22N4/c1-11-9-13(16)10-19-14(17-18-15(11)19)8-7-12-5-3-2-4-6-12/h9-10,12H,2-8,16H2,1H3. The van der Waals surface area contributed by atoms with Crippen LogP contribution < -0.4 is 5.73 Å². The van der Waals surface area contributed by atoms with Crippen LogP contribution in [0.2, 0.25) is 0 Å². The zero-order valence-electron chi connectivity index (χ0n) is 11.6. The molecule has 102 valence electrons. The van der Waals surface area contributed by atoms with Crippen LogP contribution in [0, 0.1) is 12.8 Å². The maximum atomic E-state index is 5.92. The monoisotopic (exact) mass is 258 g/mol. The van der Waals surface area contributed by atoms with Crippen LogP contribution in [0.15, 0.2) is 12.3 Å². The lowest BCUT2D eigenvalue weighted by atomic mass is 9.86. The number of hydrogen-bond acceptors (Lipinski definition) is 3. The molecule has 19 heavy (non-hydrogen) atoms. The van der Waals surface area contributed by atoms with Crippen molar-refractivity contribution in [1.29, 1.82) is 0 Å². The van der Waals surface area contributed by atoms with Crippen molar-refractivity contribution < 1.29 is 0 Å². The van der Waals surface area contributed by atoms with Gasteiger partial charge in [0.05, 0.1) is 0 Å². The van der Waals surface area contributed by atoms with E-state index in [2.05, 4.69) is 14.6 Å². The highest BCUT2D eigenvalue weighted by Crippen LogP contribution is 2.27. The number of nitrogens with two attached hydrogens (primary N) is 1. The summed E-state index contributed by atoms with van der Waals surface area (Å²) in [5, 5.41) is 8.62. The van der Waals surface area contributed by atoms with Crippen molar-refractivity contribution in [3.63, 3.8) is 0 Å². The quantitative estimate of drug-likeness (QED) is 0.920. The van der Waals surface area contributed by atoms with Crippen molar-refractivity contribution in [1.82, 2.24) is 14.6 Å². The average molecular weight is 258 g/mol. The number of nitrogens with zero attached hydrogens (tertiary/aromatic N) is 3. The lowest BCUT2D eigenvalue weighted by Crippen LogP contribution is -2.08. The molecule has 0 aromatic carbocycles. The number of nitrogen functional groups attached to an aromatic ring is 1. The Hall–Kier alpha value is -1.58. The molecule has 0 unspecified atom stereocenters. The van der Waals surface area contributed by atoms with Crippen LogP contribution in [-0.2, 0) is 6.42 Å². The smallest absolute Gasteiger partial charge is 0.163 e. The Kier molecular flexibility index (Phi) is 3.40. The molecular formula is C15H22N4. The summed E-state index contributed by atoms with van der Waals surface area (Å²) < 4.78 is 2.06. The van der Waals surface area contributed by atoms with Gasteiger partial charge in [0.25, 0.3) is 0 Å². The minimum Gasteiger partial charge on any atom is -0.398 e. The van der Waals surface area contributed by atoms with E-state index < -0.39 is 0 Å². The zero-order chi connectivity index (χ0) is 13.2. The fourth-order valence-corrected chi connectivity index (χ4v) is 3.21. The molecule has 0 aliphatic heterocycles. The molecule has 0 saturated heterocycles. The van der Waals surface area contributed by atoms with Gasteiger partial charge < -0.3 is 5.73 Å². The average Bonchev–Trinajstić information content (AvgIpc) is 2.81. The first-order valence-electron chi connectivity index (χ1n) is 7.34. The normalized spacial score (nSPS) is 17.1. The van der Waals surface area contributed by atoms with Crippen LogP contribution in [-0.4, -0.2) is 14.6 Å². The molecule has 0 spiro atoms. The predicted molar refractivity (Wildman–Crippen MR) is 77.0 cm³/mol. The summed E-state index contributed by atoms with van der Waals surface area (Å²) >= 11 is 0. The van der Waals surface area contributed by atoms with Crippen LogP contribution >= 0.6 is 0 Å². The highest BCUT2D eigenvalue weighted by molar-refractivity contribution is 5.54. The molecule has 0 radical (unpaired) electrons. The van der Waals surface area contributed by atoms with Gasteiger partial charge in [0.15, 0.2) is 5.65 Å². The van der Waals surface area contributed by atoms with Gasteiger partial charge in [0.2, 0.25) is 0 Å². The Balaban J connectivity index is 1.77. The van der Waals surface area contributed by atoms with E-state index in [1.165, 1.54) is 38.5 Å². The van der Waals surface area contributed by atoms with Gasteiger partial charge in [-0.3, -0.25) is 4.40 Å². The Morgan fingerprint density at radius 3 is 2.84 bits per heavy atom. The van der Waals surface area contributed by atoms with E-state index in [0.717, 1.165) is 35.1 Å². The summed E-state index contributed by atoms with van der Waals surface area (Å²) in [6.45, 7) is 2.03. The fourth-order valence-electron chi connectivity index (χ4n) is 3.21. The zero-order valence-corrected chi connectivity index (χ0v) is 11.6. The molecule has 2 N–H and O–H groups in total. The molecule has 0 amide bonds. The second-order valence-electron chi connectivity index (χ2n) is 5.81. The highest BCUT2D eigenvalue weighted by Gasteiger charge is 2.15. The lowest BCUT2D eigenvalue weighted by Gasteiger charge is -2.20. The Morgan fingerprint density at radius 2 is 2.05 bits per heavy atom. The van der Waals surface area contributed by atoms with Gasteiger partial charge in [0, 0.05) is 18.3 Å². The molecule has 3 rings (SSSR count). The Labute approximate surface area is 114 Å². The summed E-state index contributed by atoms with van der Waals surface area (Å²) in [5.41, 5.74) is 8.73. The van der Waals surface area contributed by atoms with E-state index in [0.29, 0.717) is 0 Å². The van der Waals surface area contributed by atoms with Crippen LogP contribution in [0.3, 0.4) is 0 Å². The Bertz CT molecular complexity index is 567. The first-order valence-corrected chi connectivity index (χ1v) is 7.34. The molecule has 1 saturated carbocycles. The Morgan fingerprint density at radius 1 is 1.26 bits per heavy atom. The van der Waals surface area contributed by atoms with E-state index in [1.54, 1.807) is 0 Å². The molecule has 2 heterocycles. The summed E-state index contributed by atoms with van der Waals surface area (Å²) in [6, 6.07) is 1.95. The molecule has 1 aliphatic rings. The molecule has 4 heteroatoms. The first kappa shape index (κ1) is 12.5.